The van der Waals surface area contributed by atoms with Gasteiger partial charge in [0.1, 0.15) is 0 Å². The summed E-state index contributed by atoms with van der Waals surface area (Å²) in [6, 6.07) is 4.68. The second kappa shape index (κ2) is 8.55. The van der Waals surface area contributed by atoms with Gasteiger partial charge in [-0.3, -0.25) is 4.79 Å². The summed E-state index contributed by atoms with van der Waals surface area (Å²) in [5, 5.41) is 1.92. The van der Waals surface area contributed by atoms with E-state index in [1.54, 1.807) is 0 Å². The number of nitrogens with one attached hydrogen (secondary N) is 1. The molecule has 0 aromatic heterocycles. The van der Waals surface area contributed by atoms with Crippen LogP contribution in [0.15, 0.2) is 41.3 Å². The summed E-state index contributed by atoms with van der Waals surface area (Å²) in [5.41, 5.74) is -0.935. The van der Waals surface area contributed by atoms with Gasteiger partial charge in [0, 0.05) is 0 Å². The number of halogens is 5. The van der Waals surface area contributed by atoms with Crippen LogP contribution in [0.1, 0.15) is 17.3 Å². The van der Waals surface area contributed by atoms with Crippen LogP contribution in [-0.2, 0) is 19.4 Å². The molecule has 0 bridgehead atoms. The van der Waals surface area contributed by atoms with E-state index >= 15 is 0 Å². The summed E-state index contributed by atoms with van der Waals surface area (Å²) in [5.74, 6) is -10.7. The molecule has 2 aromatic carbocycles. The minimum absolute atomic E-state index is 0.253. The lowest BCUT2D eigenvalue weighted by atomic mass is 10.2. The summed E-state index contributed by atoms with van der Waals surface area (Å²) < 4.78 is 92.0. The molecule has 0 aliphatic heterocycles. The number of amides is 1. The number of sulfone groups is 1. The van der Waals surface area contributed by atoms with E-state index in [2.05, 4.69) is 0 Å². The lowest BCUT2D eigenvalue weighted by Crippen LogP contribution is -2.30. The largest absolute Gasteiger partial charge is 0.449 e. The number of alkyl halides is 2. The van der Waals surface area contributed by atoms with Crippen molar-refractivity contribution in [1.29, 1.82) is 0 Å². The van der Waals surface area contributed by atoms with E-state index in [0.717, 1.165) is 37.3 Å². The third-order valence-electron chi connectivity index (χ3n) is 3.60. The summed E-state index contributed by atoms with van der Waals surface area (Å²) >= 11 is 0. The zero-order chi connectivity index (χ0) is 21.9. The molecular weight excluding hydrogens is 425 g/mol. The van der Waals surface area contributed by atoms with Crippen molar-refractivity contribution in [2.24, 2.45) is 0 Å². The molecule has 0 spiro atoms. The van der Waals surface area contributed by atoms with Crippen molar-refractivity contribution in [2.45, 2.75) is 23.7 Å². The van der Waals surface area contributed by atoms with Crippen LogP contribution in [0.3, 0.4) is 0 Å². The second-order valence-corrected chi connectivity index (χ2v) is 7.51. The normalized spacial score (nSPS) is 12.5. The summed E-state index contributed by atoms with van der Waals surface area (Å²) in [7, 11) is -4.84. The fourth-order valence-electron chi connectivity index (χ4n) is 2.02. The Morgan fingerprint density at radius 2 is 1.55 bits per heavy atom. The average molecular weight is 437 g/mol. The maximum Gasteiger partial charge on any atom is 0.341 e. The number of rotatable bonds is 6. The fraction of sp³-hybridized carbons (Fsp3) is 0.176. The smallest absolute Gasteiger partial charge is 0.341 e. The van der Waals surface area contributed by atoms with Crippen LogP contribution in [0.5, 0.6) is 0 Å². The van der Waals surface area contributed by atoms with Gasteiger partial charge in [0.2, 0.25) is 9.84 Å². The van der Waals surface area contributed by atoms with Crippen molar-refractivity contribution in [2.75, 3.05) is 5.32 Å². The molecule has 0 saturated carbocycles. The first-order chi connectivity index (χ1) is 13.4. The Kier molecular flexibility index (Phi) is 6.57. The molecule has 2 aromatic rings. The van der Waals surface area contributed by atoms with Crippen LogP contribution in [0.4, 0.5) is 27.6 Å². The SMILES string of the molecule is C[C@H](OC(=O)c1ccc(S(=O)(=O)C(F)F)cc1)C(=O)Nc1ccc(F)c(F)c1F. The Balaban J connectivity index is 2.07. The van der Waals surface area contributed by atoms with Crippen molar-refractivity contribution in [3.63, 3.8) is 0 Å². The van der Waals surface area contributed by atoms with Gasteiger partial charge in [-0.25, -0.2) is 26.4 Å². The summed E-state index contributed by atoms with van der Waals surface area (Å²) in [6.07, 6.45) is -1.51. The minimum Gasteiger partial charge on any atom is -0.449 e. The highest BCUT2D eigenvalue weighted by Crippen LogP contribution is 2.21. The molecule has 1 amide bonds. The predicted molar refractivity (Wildman–Crippen MR) is 89.5 cm³/mol. The van der Waals surface area contributed by atoms with E-state index in [1.165, 1.54) is 0 Å². The van der Waals surface area contributed by atoms with E-state index in [0.29, 0.717) is 6.07 Å². The van der Waals surface area contributed by atoms with Gasteiger partial charge < -0.3 is 10.1 Å². The second-order valence-electron chi connectivity index (χ2n) is 5.59. The monoisotopic (exact) mass is 437 g/mol. The highest BCUT2D eigenvalue weighted by atomic mass is 32.2. The molecule has 2 rings (SSSR count). The standard InChI is InChI=1S/C17H12F5NO5S/c1-8(15(24)23-12-7-6-11(18)13(19)14(12)20)28-16(25)9-2-4-10(5-3-9)29(26,27)17(21)22/h2-8,17H,1H3,(H,23,24)/t8-/m0/s1. The highest BCUT2D eigenvalue weighted by molar-refractivity contribution is 7.91. The molecule has 1 atom stereocenters. The maximum atomic E-state index is 13.6. The molecule has 0 aliphatic carbocycles. The van der Waals surface area contributed by atoms with Crippen LogP contribution in [0.2, 0.25) is 0 Å². The van der Waals surface area contributed by atoms with E-state index in [-0.39, 0.29) is 5.56 Å². The topological polar surface area (TPSA) is 89.5 Å². The van der Waals surface area contributed by atoms with Gasteiger partial charge >= 0.3 is 11.7 Å². The summed E-state index contributed by atoms with van der Waals surface area (Å²) in [4.78, 5) is 23.2. The molecule has 6 nitrogen and oxygen atoms in total. The first-order valence-corrected chi connectivity index (χ1v) is 9.27. The number of carbonyl (C=O) groups is 2. The molecule has 12 heteroatoms. The van der Waals surface area contributed by atoms with Crippen molar-refractivity contribution in [3.8, 4) is 0 Å². The van der Waals surface area contributed by atoms with Crippen LogP contribution in [-0.4, -0.2) is 32.2 Å². The number of hydrogen-bond acceptors (Lipinski definition) is 5. The number of anilines is 1. The molecule has 1 N–H and O–H groups in total. The molecular formula is C17H12F5NO5S. The molecule has 29 heavy (non-hydrogen) atoms. The van der Waals surface area contributed by atoms with Gasteiger partial charge in [0.25, 0.3) is 5.91 Å². The molecule has 0 heterocycles. The number of ether oxygens (including phenoxy) is 1. The summed E-state index contributed by atoms with van der Waals surface area (Å²) in [6.45, 7) is 1.10. The highest BCUT2D eigenvalue weighted by Gasteiger charge is 2.27. The molecule has 156 valence electrons. The van der Waals surface area contributed by atoms with E-state index in [1.807, 2.05) is 5.32 Å². The van der Waals surface area contributed by atoms with E-state index < -0.39 is 61.6 Å². The van der Waals surface area contributed by atoms with Crippen molar-refractivity contribution in [1.82, 2.24) is 0 Å². The predicted octanol–water partition coefficient (Wildman–Crippen LogP) is 3.28. The zero-order valence-electron chi connectivity index (χ0n) is 14.5. The van der Waals surface area contributed by atoms with E-state index in [4.69, 9.17) is 4.74 Å². The Bertz CT molecular complexity index is 1040. The number of benzene rings is 2. The van der Waals surface area contributed by atoms with Crippen LogP contribution < -0.4 is 5.32 Å². The Labute approximate surface area is 161 Å². The zero-order valence-corrected chi connectivity index (χ0v) is 15.3. The molecule has 0 fully saturated rings. The van der Waals surface area contributed by atoms with Crippen LogP contribution in [0.25, 0.3) is 0 Å². The number of carbonyl (C=O) groups excluding carboxylic acids is 2. The third kappa shape index (κ3) is 4.88. The minimum atomic E-state index is -4.84. The van der Waals surface area contributed by atoms with Crippen LogP contribution in [0, 0.1) is 17.5 Å². The molecule has 0 radical (unpaired) electrons. The van der Waals surface area contributed by atoms with E-state index in [9.17, 15) is 40.0 Å². The van der Waals surface area contributed by atoms with Gasteiger partial charge in [-0.15, -0.1) is 0 Å². The Hall–Kier alpha value is -3.02. The quantitative estimate of drug-likeness (QED) is 0.426. The number of esters is 1. The molecule has 0 aliphatic rings. The van der Waals surface area contributed by atoms with Gasteiger partial charge in [0.15, 0.2) is 23.6 Å². The van der Waals surface area contributed by atoms with Crippen LogP contribution >= 0.6 is 0 Å². The van der Waals surface area contributed by atoms with Crippen molar-refractivity contribution < 1.29 is 44.7 Å². The third-order valence-corrected chi connectivity index (χ3v) is 5.00. The lowest BCUT2D eigenvalue weighted by Gasteiger charge is -2.14. The maximum absolute atomic E-state index is 13.6. The first-order valence-electron chi connectivity index (χ1n) is 7.72. The van der Waals surface area contributed by atoms with Crippen molar-refractivity contribution in [3.05, 3.63) is 59.4 Å². The van der Waals surface area contributed by atoms with Gasteiger partial charge in [-0.1, -0.05) is 0 Å². The molecule has 0 saturated heterocycles. The fourth-order valence-corrected chi connectivity index (χ4v) is 2.74. The average Bonchev–Trinajstić information content (AvgIpc) is 2.68. The molecule has 0 unspecified atom stereocenters. The first kappa shape index (κ1) is 22.3. The number of hydrogen-bond donors (Lipinski definition) is 1. The Morgan fingerprint density at radius 1 is 0.966 bits per heavy atom. The van der Waals surface area contributed by atoms with Gasteiger partial charge in [0.05, 0.1) is 16.1 Å². The Morgan fingerprint density at radius 3 is 2.10 bits per heavy atom. The van der Waals surface area contributed by atoms with Crippen molar-refractivity contribution >= 4 is 27.4 Å². The van der Waals surface area contributed by atoms with Gasteiger partial charge in [-0.05, 0) is 43.3 Å². The lowest BCUT2D eigenvalue weighted by molar-refractivity contribution is -0.123. The van der Waals surface area contributed by atoms with Gasteiger partial charge in [-0.2, -0.15) is 8.78 Å².